The Morgan fingerprint density at radius 2 is 2.21 bits per heavy atom. The van der Waals surface area contributed by atoms with Crippen LogP contribution >= 0.6 is 0 Å². The van der Waals surface area contributed by atoms with Crippen molar-refractivity contribution in [3.63, 3.8) is 0 Å². The van der Waals surface area contributed by atoms with Gasteiger partial charge in [0, 0.05) is 5.69 Å². The molecule has 1 unspecified atom stereocenters. The summed E-state index contributed by atoms with van der Waals surface area (Å²) < 4.78 is 5.33. The quantitative estimate of drug-likeness (QED) is 0.678. The third-order valence-corrected chi connectivity index (χ3v) is 2.24. The molecule has 0 spiro atoms. The van der Waals surface area contributed by atoms with Crippen LogP contribution in [0, 0.1) is 11.3 Å². The van der Waals surface area contributed by atoms with Gasteiger partial charge in [-0.2, -0.15) is 5.26 Å². The molecule has 0 aliphatic carbocycles. The van der Waals surface area contributed by atoms with E-state index in [1.165, 1.54) is 0 Å². The Bertz CT molecular complexity index is 353. The third-order valence-electron chi connectivity index (χ3n) is 2.24. The second kappa shape index (κ2) is 3.59. The predicted molar refractivity (Wildman–Crippen MR) is 54.4 cm³/mol. The van der Waals surface area contributed by atoms with Crippen molar-refractivity contribution >= 4 is 5.69 Å². The predicted octanol–water partition coefficient (Wildman–Crippen LogP) is 1.80. The number of rotatable bonds is 3. The summed E-state index contributed by atoms with van der Waals surface area (Å²) in [6, 6.07) is 10.1. The van der Waals surface area contributed by atoms with Gasteiger partial charge in [0.2, 0.25) is 0 Å². The van der Waals surface area contributed by atoms with Crippen LogP contribution in [0.5, 0.6) is 5.75 Å². The molecule has 3 nitrogen and oxygen atoms in total. The van der Waals surface area contributed by atoms with Crippen molar-refractivity contribution in [3.8, 4) is 11.8 Å². The first kappa shape index (κ1) is 8.89. The van der Waals surface area contributed by atoms with Gasteiger partial charge in [-0.25, -0.2) is 0 Å². The fourth-order valence-corrected chi connectivity index (χ4v) is 1.44. The van der Waals surface area contributed by atoms with Crippen LogP contribution in [-0.2, 0) is 0 Å². The highest BCUT2D eigenvalue weighted by Crippen LogP contribution is 2.28. The Kier molecular flexibility index (Phi) is 2.28. The van der Waals surface area contributed by atoms with E-state index in [2.05, 4.69) is 11.0 Å². The average molecular weight is 188 g/mol. The number of ether oxygens (including phenoxy) is 1. The molecule has 0 aromatic heterocycles. The number of nitrogens with zero attached hydrogens (tertiary/aromatic N) is 2. The van der Waals surface area contributed by atoms with Crippen molar-refractivity contribution in [2.45, 2.75) is 13.0 Å². The lowest BCUT2D eigenvalue weighted by atomic mass is 10.3. The topological polar surface area (TPSA) is 36.0 Å². The van der Waals surface area contributed by atoms with Crippen LogP contribution in [0.3, 0.4) is 0 Å². The van der Waals surface area contributed by atoms with Gasteiger partial charge in [0.1, 0.15) is 11.8 Å². The molecule has 1 saturated heterocycles. The van der Waals surface area contributed by atoms with Crippen LogP contribution in [-0.4, -0.2) is 19.2 Å². The van der Waals surface area contributed by atoms with E-state index in [0.29, 0.717) is 6.61 Å². The van der Waals surface area contributed by atoms with Crippen LogP contribution < -0.4 is 9.64 Å². The fraction of sp³-hybridized carbons (Fsp3) is 0.364. The lowest BCUT2D eigenvalue weighted by Gasteiger charge is -2.05. The highest BCUT2D eigenvalue weighted by molar-refractivity contribution is 5.57. The molecule has 2 rings (SSSR count). The zero-order valence-electron chi connectivity index (χ0n) is 8.10. The Morgan fingerprint density at radius 3 is 2.71 bits per heavy atom. The van der Waals surface area contributed by atoms with E-state index in [-0.39, 0.29) is 6.04 Å². The Balaban J connectivity index is 2.05. The molecule has 1 aromatic carbocycles. The van der Waals surface area contributed by atoms with Crippen LogP contribution in [0.25, 0.3) is 0 Å². The van der Waals surface area contributed by atoms with Gasteiger partial charge in [-0.1, -0.05) is 0 Å². The molecular formula is C11H12N2O. The van der Waals surface area contributed by atoms with Crippen molar-refractivity contribution < 1.29 is 4.74 Å². The summed E-state index contributed by atoms with van der Waals surface area (Å²) in [4.78, 5) is 2.05. The molecule has 72 valence electrons. The fourth-order valence-electron chi connectivity index (χ4n) is 1.44. The minimum atomic E-state index is 0.0768. The van der Waals surface area contributed by atoms with Crippen LogP contribution in [0.1, 0.15) is 6.92 Å². The molecule has 1 fully saturated rings. The number of nitriles is 1. The maximum atomic E-state index is 8.66. The second-order valence-corrected chi connectivity index (χ2v) is 3.22. The van der Waals surface area contributed by atoms with Gasteiger partial charge in [-0.3, -0.25) is 0 Å². The van der Waals surface area contributed by atoms with Crippen LogP contribution in [0.2, 0.25) is 0 Å². The summed E-state index contributed by atoms with van der Waals surface area (Å²) >= 11 is 0. The smallest absolute Gasteiger partial charge is 0.134 e. The van der Waals surface area contributed by atoms with Crippen molar-refractivity contribution in [2.75, 3.05) is 18.1 Å². The van der Waals surface area contributed by atoms with E-state index in [9.17, 15) is 0 Å². The summed E-state index contributed by atoms with van der Waals surface area (Å²) in [6.07, 6.45) is 0. The van der Waals surface area contributed by atoms with Crippen molar-refractivity contribution in [1.82, 2.24) is 0 Å². The highest BCUT2D eigenvalue weighted by atomic mass is 16.5. The molecule has 1 aliphatic heterocycles. The molecule has 1 aliphatic rings. The number of hydrogen-bond donors (Lipinski definition) is 0. The second-order valence-electron chi connectivity index (χ2n) is 3.22. The summed E-state index contributed by atoms with van der Waals surface area (Å²) in [5.41, 5.74) is 1.10. The molecule has 0 N–H and O–H groups in total. The maximum absolute atomic E-state index is 8.66. The van der Waals surface area contributed by atoms with E-state index in [0.717, 1.165) is 18.0 Å². The molecule has 14 heavy (non-hydrogen) atoms. The molecule has 0 saturated carbocycles. The van der Waals surface area contributed by atoms with Crippen LogP contribution in [0.4, 0.5) is 5.69 Å². The van der Waals surface area contributed by atoms with Crippen LogP contribution in [0.15, 0.2) is 24.3 Å². The molecule has 0 bridgehead atoms. The number of benzene rings is 1. The lowest BCUT2D eigenvalue weighted by Crippen LogP contribution is -1.96. The van der Waals surface area contributed by atoms with Crippen molar-refractivity contribution in [1.29, 1.82) is 5.26 Å². The first-order valence-electron chi connectivity index (χ1n) is 4.74. The summed E-state index contributed by atoms with van der Waals surface area (Å²) in [5, 5.41) is 8.66. The van der Waals surface area contributed by atoms with Gasteiger partial charge in [0.15, 0.2) is 0 Å². The summed E-state index contributed by atoms with van der Waals surface area (Å²) in [7, 11) is 0. The van der Waals surface area contributed by atoms with E-state index in [1.807, 2.05) is 31.2 Å². The van der Waals surface area contributed by atoms with Gasteiger partial charge in [0.25, 0.3) is 0 Å². The molecular weight excluding hydrogens is 176 g/mol. The maximum Gasteiger partial charge on any atom is 0.134 e. The number of anilines is 1. The summed E-state index contributed by atoms with van der Waals surface area (Å²) in [6.45, 7) is 3.50. The monoisotopic (exact) mass is 188 g/mol. The molecule has 3 heteroatoms. The first-order valence-corrected chi connectivity index (χ1v) is 4.74. The normalized spacial score (nSPS) is 18.9. The first-order chi connectivity index (χ1) is 6.85. The lowest BCUT2D eigenvalue weighted by molar-refractivity contribution is 0.340. The standard InChI is InChI=1S/C11H12N2O/c1-2-14-11-5-3-9(4-6-11)13-8-10(13)7-12/h3-6,10H,2,8H2,1H3. The van der Waals surface area contributed by atoms with Crippen molar-refractivity contribution in [3.05, 3.63) is 24.3 Å². The van der Waals surface area contributed by atoms with Gasteiger partial charge >= 0.3 is 0 Å². The largest absolute Gasteiger partial charge is 0.494 e. The third kappa shape index (κ3) is 1.64. The van der Waals surface area contributed by atoms with Gasteiger partial charge in [0.05, 0.1) is 19.2 Å². The zero-order valence-corrected chi connectivity index (χ0v) is 8.10. The van der Waals surface area contributed by atoms with Crippen molar-refractivity contribution in [2.24, 2.45) is 0 Å². The molecule has 1 atom stereocenters. The van der Waals surface area contributed by atoms with Gasteiger partial charge in [-0.05, 0) is 31.2 Å². The Morgan fingerprint density at radius 1 is 1.50 bits per heavy atom. The summed E-state index contributed by atoms with van der Waals surface area (Å²) in [5.74, 6) is 0.881. The average Bonchev–Trinajstić information content (AvgIpc) is 2.99. The Hall–Kier alpha value is -1.69. The highest BCUT2D eigenvalue weighted by Gasteiger charge is 2.33. The van der Waals surface area contributed by atoms with E-state index < -0.39 is 0 Å². The molecule has 1 aromatic rings. The van der Waals surface area contributed by atoms with E-state index in [1.54, 1.807) is 0 Å². The van der Waals surface area contributed by atoms with Gasteiger partial charge < -0.3 is 9.64 Å². The molecule has 1 heterocycles. The molecule has 0 amide bonds. The number of hydrogen-bond acceptors (Lipinski definition) is 3. The molecule has 0 radical (unpaired) electrons. The van der Waals surface area contributed by atoms with E-state index in [4.69, 9.17) is 10.00 Å². The minimum Gasteiger partial charge on any atom is -0.494 e. The minimum absolute atomic E-state index is 0.0768. The van der Waals surface area contributed by atoms with E-state index >= 15 is 0 Å². The Labute approximate surface area is 83.5 Å². The SMILES string of the molecule is CCOc1ccc(N2CC2C#N)cc1. The zero-order chi connectivity index (χ0) is 9.97. The van der Waals surface area contributed by atoms with Gasteiger partial charge in [-0.15, -0.1) is 0 Å².